The minimum Gasteiger partial charge on any atom is -0.493 e. The summed E-state index contributed by atoms with van der Waals surface area (Å²) >= 11 is 0. The molecule has 3 aromatic carbocycles. The van der Waals surface area contributed by atoms with Crippen molar-refractivity contribution in [2.75, 3.05) is 19.0 Å². The van der Waals surface area contributed by atoms with Crippen molar-refractivity contribution in [1.29, 1.82) is 0 Å². The first kappa shape index (κ1) is 18.5. The molecule has 4 nitrogen and oxygen atoms in total. The van der Waals surface area contributed by atoms with Crippen molar-refractivity contribution < 1.29 is 14.3 Å². The number of rotatable bonds is 7. The van der Waals surface area contributed by atoms with Gasteiger partial charge in [-0.15, -0.1) is 0 Å². The molecule has 0 radical (unpaired) electrons. The summed E-state index contributed by atoms with van der Waals surface area (Å²) in [7, 11) is 1.61. The minimum atomic E-state index is -0.185. The van der Waals surface area contributed by atoms with Crippen LogP contribution in [0.5, 0.6) is 11.5 Å². The van der Waals surface area contributed by atoms with E-state index < -0.39 is 0 Å². The lowest BCUT2D eigenvalue weighted by Crippen LogP contribution is -2.07. The van der Waals surface area contributed by atoms with Crippen molar-refractivity contribution >= 4 is 28.4 Å². The molecule has 0 atom stereocenters. The third-order valence-electron chi connectivity index (χ3n) is 4.09. The molecule has 1 N–H and O–H groups in total. The first-order valence-electron chi connectivity index (χ1n) is 8.98. The van der Waals surface area contributed by atoms with E-state index in [1.807, 2.05) is 60.7 Å². The number of amides is 1. The number of carbonyl (C=O) groups is 1. The van der Waals surface area contributed by atoms with E-state index in [2.05, 4.69) is 12.2 Å². The van der Waals surface area contributed by atoms with Crippen LogP contribution in [0, 0.1) is 0 Å². The molecule has 0 aliphatic carbocycles. The van der Waals surface area contributed by atoms with Crippen molar-refractivity contribution in [2.45, 2.75) is 13.3 Å². The number of methoxy groups -OCH3 is 1. The Kier molecular flexibility index (Phi) is 6.10. The average molecular weight is 361 g/mol. The lowest BCUT2D eigenvalue weighted by molar-refractivity contribution is -0.111. The fourth-order valence-electron chi connectivity index (χ4n) is 2.74. The Bertz CT molecular complexity index is 963. The maximum Gasteiger partial charge on any atom is 0.248 e. The molecule has 0 saturated heterocycles. The minimum absolute atomic E-state index is 0.185. The number of carbonyl (C=O) groups excluding carboxylic acids is 1. The number of nitrogens with one attached hydrogen (secondary N) is 1. The molecule has 27 heavy (non-hydrogen) atoms. The van der Waals surface area contributed by atoms with E-state index in [-0.39, 0.29) is 5.91 Å². The average Bonchev–Trinajstić information content (AvgIpc) is 2.70. The van der Waals surface area contributed by atoms with Gasteiger partial charge in [-0.2, -0.15) is 0 Å². The second-order valence-electron chi connectivity index (χ2n) is 6.14. The second-order valence-corrected chi connectivity index (χ2v) is 6.14. The van der Waals surface area contributed by atoms with Crippen LogP contribution in [0.15, 0.2) is 66.7 Å². The molecule has 0 aromatic heterocycles. The first-order chi connectivity index (χ1) is 13.2. The van der Waals surface area contributed by atoms with Gasteiger partial charge < -0.3 is 14.8 Å². The SMILES string of the molecule is CCCOc1ccc(C=CC(=O)Nc2ccc3ccccc3c2)cc1OC. The standard InChI is InChI=1S/C23H23NO3/c1-3-14-27-21-12-8-17(15-22(21)26-2)9-13-23(25)24-20-11-10-18-6-4-5-7-19(18)16-20/h4-13,15-16H,3,14H2,1-2H3,(H,24,25). The molecule has 3 aromatic rings. The van der Waals surface area contributed by atoms with Crippen molar-refractivity contribution in [3.05, 3.63) is 72.3 Å². The highest BCUT2D eigenvalue weighted by Gasteiger charge is 2.05. The lowest BCUT2D eigenvalue weighted by Gasteiger charge is -2.10. The molecular formula is C23H23NO3. The Morgan fingerprint density at radius 1 is 1.00 bits per heavy atom. The van der Waals surface area contributed by atoms with E-state index in [0.717, 1.165) is 28.4 Å². The van der Waals surface area contributed by atoms with Gasteiger partial charge in [-0.05, 0) is 53.1 Å². The van der Waals surface area contributed by atoms with Gasteiger partial charge in [0, 0.05) is 11.8 Å². The molecule has 138 valence electrons. The Hall–Kier alpha value is -3.27. The third-order valence-corrected chi connectivity index (χ3v) is 4.09. The van der Waals surface area contributed by atoms with E-state index in [4.69, 9.17) is 9.47 Å². The van der Waals surface area contributed by atoms with Gasteiger partial charge in [0.25, 0.3) is 0 Å². The molecule has 0 bridgehead atoms. The monoisotopic (exact) mass is 361 g/mol. The van der Waals surface area contributed by atoms with Crippen molar-refractivity contribution in [3.8, 4) is 11.5 Å². The van der Waals surface area contributed by atoms with Crippen LogP contribution < -0.4 is 14.8 Å². The number of hydrogen-bond acceptors (Lipinski definition) is 3. The number of hydrogen-bond donors (Lipinski definition) is 1. The van der Waals surface area contributed by atoms with Gasteiger partial charge in [-0.3, -0.25) is 4.79 Å². The van der Waals surface area contributed by atoms with Crippen LogP contribution >= 0.6 is 0 Å². The molecular weight excluding hydrogens is 338 g/mol. The summed E-state index contributed by atoms with van der Waals surface area (Å²) < 4.78 is 11.0. The van der Waals surface area contributed by atoms with E-state index in [1.165, 1.54) is 6.08 Å². The van der Waals surface area contributed by atoms with Crippen LogP contribution in [0.1, 0.15) is 18.9 Å². The number of ether oxygens (including phenoxy) is 2. The van der Waals surface area contributed by atoms with E-state index in [1.54, 1.807) is 13.2 Å². The first-order valence-corrected chi connectivity index (χ1v) is 8.98. The lowest BCUT2D eigenvalue weighted by atomic mass is 10.1. The second kappa shape index (κ2) is 8.90. The zero-order valence-corrected chi connectivity index (χ0v) is 15.6. The van der Waals surface area contributed by atoms with E-state index in [0.29, 0.717) is 18.1 Å². The summed E-state index contributed by atoms with van der Waals surface area (Å²) in [4.78, 5) is 12.2. The summed E-state index contributed by atoms with van der Waals surface area (Å²) in [6, 6.07) is 19.5. The smallest absolute Gasteiger partial charge is 0.248 e. The molecule has 0 heterocycles. The van der Waals surface area contributed by atoms with Crippen LogP contribution in [-0.2, 0) is 4.79 Å². The van der Waals surface area contributed by atoms with Gasteiger partial charge in [-0.1, -0.05) is 43.3 Å². The molecule has 4 heteroatoms. The van der Waals surface area contributed by atoms with Crippen LogP contribution in [0.2, 0.25) is 0 Å². The Balaban J connectivity index is 1.68. The molecule has 0 aliphatic rings. The number of fused-ring (bicyclic) bond motifs is 1. The predicted octanol–water partition coefficient (Wildman–Crippen LogP) is 5.29. The Morgan fingerprint density at radius 2 is 1.81 bits per heavy atom. The summed E-state index contributed by atoms with van der Waals surface area (Å²) in [5, 5.41) is 5.12. The van der Waals surface area contributed by atoms with Crippen LogP contribution in [0.3, 0.4) is 0 Å². The zero-order chi connectivity index (χ0) is 19.1. The highest BCUT2D eigenvalue weighted by atomic mass is 16.5. The summed E-state index contributed by atoms with van der Waals surface area (Å²) in [6.45, 7) is 2.69. The topological polar surface area (TPSA) is 47.6 Å². The number of anilines is 1. The molecule has 0 spiro atoms. The highest BCUT2D eigenvalue weighted by molar-refractivity contribution is 6.03. The molecule has 1 amide bonds. The van der Waals surface area contributed by atoms with Gasteiger partial charge in [0.15, 0.2) is 11.5 Å². The van der Waals surface area contributed by atoms with Crippen molar-refractivity contribution in [3.63, 3.8) is 0 Å². The summed E-state index contributed by atoms with van der Waals surface area (Å²) in [6.07, 6.45) is 4.19. The quantitative estimate of drug-likeness (QED) is 0.582. The van der Waals surface area contributed by atoms with E-state index >= 15 is 0 Å². The van der Waals surface area contributed by atoms with E-state index in [9.17, 15) is 4.79 Å². The van der Waals surface area contributed by atoms with Gasteiger partial charge >= 0.3 is 0 Å². The fourth-order valence-corrected chi connectivity index (χ4v) is 2.74. The molecule has 0 fully saturated rings. The maximum atomic E-state index is 12.2. The Labute approximate surface area is 159 Å². The highest BCUT2D eigenvalue weighted by Crippen LogP contribution is 2.28. The van der Waals surface area contributed by atoms with Gasteiger partial charge in [0.05, 0.1) is 13.7 Å². The van der Waals surface area contributed by atoms with Crippen LogP contribution in [-0.4, -0.2) is 19.6 Å². The van der Waals surface area contributed by atoms with Crippen molar-refractivity contribution in [1.82, 2.24) is 0 Å². The molecule has 0 unspecified atom stereocenters. The fraction of sp³-hybridized carbons (Fsp3) is 0.174. The molecule has 0 aliphatic heterocycles. The largest absolute Gasteiger partial charge is 0.493 e. The van der Waals surface area contributed by atoms with Crippen LogP contribution in [0.25, 0.3) is 16.8 Å². The van der Waals surface area contributed by atoms with Gasteiger partial charge in [0.1, 0.15) is 0 Å². The third kappa shape index (κ3) is 4.88. The molecule has 3 rings (SSSR count). The zero-order valence-electron chi connectivity index (χ0n) is 15.6. The summed E-state index contributed by atoms with van der Waals surface area (Å²) in [5.41, 5.74) is 1.63. The van der Waals surface area contributed by atoms with Gasteiger partial charge in [-0.25, -0.2) is 0 Å². The Morgan fingerprint density at radius 3 is 2.59 bits per heavy atom. The number of benzene rings is 3. The molecule has 0 saturated carbocycles. The normalized spacial score (nSPS) is 10.9. The van der Waals surface area contributed by atoms with Gasteiger partial charge in [0.2, 0.25) is 5.91 Å². The predicted molar refractivity (Wildman–Crippen MR) is 110 cm³/mol. The van der Waals surface area contributed by atoms with Crippen molar-refractivity contribution in [2.24, 2.45) is 0 Å². The summed E-state index contributed by atoms with van der Waals surface area (Å²) in [5.74, 6) is 1.17. The van der Waals surface area contributed by atoms with Crippen LogP contribution in [0.4, 0.5) is 5.69 Å². The maximum absolute atomic E-state index is 12.2.